The molecule has 0 aliphatic carbocycles. The van der Waals surface area contributed by atoms with Crippen LogP contribution in [0.3, 0.4) is 0 Å². The molecule has 122 valence electrons. The zero-order valence-corrected chi connectivity index (χ0v) is 14.2. The average Bonchev–Trinajstić information content (AvgIpc) is 3.05. The maximum absolute atomic E-state index is 12.4. The van der Waals surface area contributed by atoms with Gasteiger partial charge in [-0.15, -0.1) is 5.10 Å². The summed E-state index contributed by atoms with van der Waals surface area (Å²) < 4.78 is 1.49. The van der Waals surface area contributed by atoms with E-state index in [1.165, 1.54) is 10.2 Å². The first kappa shape index (κ1) is 16.2. The summed E-state index contributed by atoms with van der Waals surface area (Å²) in [7, 11) is 0. The molecular weight excluding hydrogens is 324 g/mol. The standard InChI is InChI=1S/C18H17ClN4O/c1-12-7-9-14(10-8-12)13(2)20-18(24)16-11-23(22-21-16)17-6-4-3-5-15(17)19/h3-11,13H,1-2H3,(H,20,24). The van der Waals surface area contributed by atoms with Crippen molar-refractivity contribution in [2.75, 3.05) is 0 Å². The Morgan fingerprint density at radius 3 is 2.58 bits per heavy atom. The molecule has 1 N–H and O–H groups in total. The SMILES string of the molecule is Cc1ccc(C(C)NC(=O)c2cn(-c3ccccc3Cl)nn2)cc1. The van der Waals surface area contributed by atoms with Crippen LogP contribution in [0.5, 0.6) is 0 Å². The molecule has 0 saturated carbocycles. The monoisotopic (exact) mass is 340 g/mol. The number of rotatable bonds is 4. The van der Waals surface area contributed by atoms with Crippen LogP contribution in [0, 0.1) is 6.92 Å². The third-order valence-electron chi connectivity index (χ3n) is 3.75. The summed E-state index contributed by atoms with van der Waals surface area (Å²) in [5.41, 5.74) is 3.14. The summed E-state index contributed by atoms with van der Waals surface area (Å²) in [6, 6.07) is 15.2. The highest BCUT2D eigenvalue weighted by molar-refractivity contribution is 6.32. The number of carbonyl (C=O) groups excluding carboxylic acids is 1. The lowest BCUT2D eigenvalue weighted by atomic mass is 10.1. The fourth-order valence-corrected chi connectivity index (χ4v) is 2.55. The second kappa shape index (κ2) is 6.84. The topological polar surface area (TPSA) is 59.8 Å². The normalized spacial score (nSPS) is 12.0. The van der Waals surface area contributed by atoms with Gasteiger partial charge in [-0.1, -0.05) is 58.8 Å². The molecule has 1 unspecified atom stereocenters. The number of nitrogens with one attached hydrogen (secondary N) is 1. The van der Waals surface area contributed by atoms with Gasteiger partial charge in [-0.05, 0) is 31.5 Å². The lowest BCUT2D eigenvalue weighted by Crippen LogP contribution is -2.26. The zero-order valence-electron chi connectivity index (χ0n) is 13.4. The van der Waals surface area contributed by atoms with Crippen molar-refractivity contribution in [1.29, 1.82) is 0 Å². The predicted molar refractivity (Wildman–Crippen MR) is 93.4 cm³/mol. The molecule has 2 aromatic carbocycles. The van der Waals surface area contributed by atoms with E-state index >= 15 is 0 Å². The van der Waals surface area contributed by atoms with Gasteiger partial charge >= 0.3 is 0 Å². The Labute approximate surface area is 145 Å². The number of carbonyl (C=O) groups is 1. The van der Waals surface area contributed by atoms with Gasteiger partial charge in [0.2, 0.25) is 0 Å². The summed E-state index contributed by atoms with van der Waals surface area (Å²) in [5, 5.41) is 11.4. The molecule has 1 aromatic heterocycles. The molecule has 5 nitrogen and oxygen atoms in total. The molecule has 0 radical (unpaired) electrons. The summed E-state index contributed by atoms with van der Waals surface area (Å²) in [4.78, 5) is 12.4. The lowest BCUT2D eigenvalue weighted by Gasteiger charge is -2.13. The van der Waals surface area contributed by atoms with Crippen molar-refractivity contribution >= 4 is 17.5 Å². The fourth-order valence-electron chi connectivity index (χ4n) is 2.33. The van der Waals surface area contributed by atoms with Gasteiger partial charge in [0, 0.05) is 0 Å². The van der Waals surface area contributed by atoms with Crippen LogP contribution in [-0.4, -0.2) is 20.9 Å². The Morgan fingerprint density at radius 2 is 1.88 bits per heavy atom. The lowest BCUT2D eigenvalue weighted by molar-refractivity contribution is 0.0935. The van der Waals surface area contributed by atoms with Crippen LogP contribution in [0.1, 0.15) is 34.6 Å². The Balaban J connectivity index is 1.74. The molecule has 0 spiro atoms. The first-order valence-corrected chi connectivity index (χ1v) is 7.97. The van der Waals surface area contributed by atoms with E-state index in [1.807, 2.05) is 56.3 Å². The second-order valence-corrected chi connectivity index (χ2v) is 6.01. The smallest absolute Gasteiger partial charge is 0.273 e. The van der Waals surface area contributed by atoms with Crippen LogP contribution in [0.15, 0.2) is 54.7 Å². The highest BCUT2D eigenvalue weighted by Gasteiger charge is 2.15. The Hall–Kier alpha value is -2.66. The van der Waals surface area contributed by atoms with Crippen LogP contribution in [0.25, 0.3) is 5.69 Å². The number of hydrogen-bond acceptors (Lipinski definition) is 3. The van der Waals surface area contributed by atoms with E-state index in [4.69, 9.17) is 11.6 Å². The van der Waals surface area contributed by atoms with E-state index in [2.05, 4.69) is 15.6 Å². The van der Waals surface area contributed by atoms with Crippen molar-refractivity contribution in [2.24, 2.45) is 0 Å². The van der Waals surface area contributed by atoms with E-state index in [1.54, 1.807) is 12.3 Å². The van der Waals surface area contributed by atoms with E-state index in [0.717, 1.165) is 5.56 Å². The first-order chi connectivity index (χ1) is 11.5. The molecule has 0 fully saturated rings. The quantitative estimate of drug-likeness (QED) is 0.787. The number of aromatic nitrogens is 3. The van der Waals surface area contributed by atoms with Crippen LogP contribution >= 0.6 is 11.6 Å². The van der Waals surface area contributed by atoms with E-state index in [0.29, 0.717) is 10.7 Å². The Bertz CT molecular complexity index is 857. The van der Waals surface area contributed by atoms with Crippen molar-refractivity contribution in [3.8, 4) is 5.69 Å². The van der Waals surface area contributed by atoms with Gasteiger partial charge in [-0.2, -0.15) is 0 Å². The van der Waals surface area contributed by atoms with Gasteiger partial charge in [0.25, 0.3) is 5.91 Å². The minimum atomic E-state index is -0.277. The van der Waals surface area contributed by atoms with Crippen LogP contribution in [0.2, 0.25) is 5.02 Å². The maximum Gasteiger partial charge on any atom is 0.273 e. The van der Waals surface area contributed by atoms with Gasteiger partial charge in [-0.25, -0.2) is 4.68 Å². The molecule has 1 atom stereocenters. The molecule has 3 rings (SSSR count). The molecule has 3 aromatic rings. The van der Waals surface area contributed by atoms with Gasteiger partial charge in [0.15, 0.2) is 5.69 Å². The number of hydrogen-bond donors (Lipinski definition) is 1. The number of para-hydroxylation sites is 1. The highest BCUT2D eigenvalue weighted by Crippen LogP contribution is 2.19. The van der Waals surface area contributed by atoms with Crippen LogP contribution in [-0.2, 0) is 0 Å². The van der Waals surface area contributed by atoms with Crippen molar-refractivity contribution in [2.45, 2.75) is 19.9 Å². The Morgan fingerprint density at radius 1 is 1.17 bits per heavy atom. The van der Waals surface area contributed by atoms with Crippen molar-refractivity contribution in [3.05, 3.63) is 76.6 Å². The molecule has 1 heterocycles. The summed E-state index contributed by atoms with van der Waals surface area (Å²) in [6.07, 6.45) is 1.57. The molecule has 6 heteroatoms. The first-order valence-electron chi connectivity index (χ1n) is 7.59. The fraction of sp³-hybridized carbons (Fsp3) is 0.167. The van der Waals surface area contributed by atoms with Gasteiger partial charge in [-0.3, -0.25) is 4.79 Å². The summed E-state index contributed by atoms with van der Waals surface area (Å²) in [6.45, 7) is 3.96. The molecule has 0 aliphatic heterocycles. The highest BCUT2D eigenvalue weighted by atomic mass is 35.5. The van der Waals surface area contributed by atoms with Gasteiger partial charge in [0.1, 0.15) is 0 Å². The number of aryl methyl sites for hydroxylation is 1. The minimum absolute atomic E-state index is 0.122. The van der Waals surface area contributed by atoms with E-state index < -0.39 is 0 Å². The number of nitrogens with zero attached hydrogens (tertiary/aromatic N) is 3. The summed E-state index contributed by atoms with van der Waals surface area (Å²) in [5.74, 6) is -0.277. The molecule has 24 heavy (non-hydrogen) atoms. The minimum Gasteiger partial charge on any atom is -0.344 e. The molecule has 0 saturated heterocycles. The molecule has 0 bridgehead atoms. The number of benzene rings is 2. The average molecular weight is 341 g/mol. The van der Waals surface area contributed by atoms with Gasteiger partial charge < -0.3 is 5.32 Å². The van der Waals surface area contributed by atoms with Crippen molar-refractivity contribution < 1.29 is 4.79 Å². The van der Waals surface area contributed by atoms with E-state index in [-0.39, 0.29) is 17.6 Å². The third-order valence-corrected chi connectivity index (χ3v) is 4.07. The van der Waals surface area contributed by atoms with Crippen molar-refractivity contribution in [3.63, 3.8) is 0 Å². The summed E-state index contributed by atoms with van der Waals surface area (Å²) >= 11 is 6.14. The Kier molecular flexibility index (Phi) is 4.62. The van der Waals surface area contributed by atoms with Crippen LogP contribution < -0.4 is 5.32 Å². The molecule has 0 aliphatic rings. The number of amides is 1. The molecule has 1 amide bonds. The largest absolute Gasteiger partial charge is 0.344 e. The predicted octanol–water partition coefficient (Wildman–Crippen LogP) is 3.72. The zero-order chi connectivity index (χ0) is 17.1. The third kappa shape index (κ3) is 3.46. The maximum atomic E-state index is 12.4. The van der Waals surface area contributed by atoms with Gasteiger partial charge in [0.05, 0.1) is 22.9 Å². The van der Waals surface area contributed by atoms with Crippen LogP contribution in [0.4, 0.5) is 0 Å². The van der Waals surface area contributed by atoms with E-state index in [9.17, 15) is 4.79 Å². The second-order valence-electron chi connectivity index (χ2n) is 5.61. The molecular formula is C18H17ClN4O. The number of halogens is 1. The van der Waals surface area contributed by atoms with Crippen molar-refractivity contribution in [1.82, 2.24) is 20.3 Å².